The van der Waals surface area contributed by atoms with Gasteiger partial charge in [-0.25, -0.2) is 13.6 Å². The van der Waals surface area contributed by atoms with E-state index in [4.69, 9.17) is 11.5 Å². The summed E-state index contributed by atoms with van der Waals surface area (Å²) in [4.78, 5) is 17.7. The number of urea groups is 1. The first kappa shape index (κ1) is 29.1. The summed E-state index contributed by atoms with van der Waals surface area (Å²) >= 11 is 0. The minimum absolute atomic E-state index is 0.00211. The maximum atomic E-state index is 14.4. The van der Waals surface area contributed by atoms with Crippen molar-refractivity contribution in [2.45, 2.75) is 57.0 Å². The van der Waals surface area contributed by atoms with Crippen LogP contribution in [-0.4, -0.2) is 39.1 Å². The number of nitrogens with zero attached hydrogens (tertiary/aromatic N) is 2. The van der Waals surface area contributed by atoms with Crippen LogP contribution in [0.3, 0.4) is 0 Å². The van der Waals surface area contributed by atoms with Gasteiger partial charge in [-0.15, -0.1) is 0 Å². The molecule has 0 unspecified atom stereocenters. The normalized spacial score (nSPS) is 17.5. The summed E-state index contributed by atoms with van der Waals surface area (Å²) in [5.74, 6) is -1.05. The fourth-order valence-electron chi connectivity index (χ4n) is 5.79. The quantitative estimate of drug-likeness (QED) is 0.206. The Balaban J connectivity index is 1.49. The van der Waals surface area contributed by atoms with Gasteiger partial charge in [0.15, 0.2) is 0 Å². The van der Waals surface area contributed by atoms with E-state index in [1.807, 2.05) is 60.7 Å². The third-order valence-corrected chi connectivity index (χ3v) is 8.05. The van der Waals surface area contributed by atoms with Gasteiger partial charge in [0.05, 0.1) is 29.6 Å². The van der Waals surface area contributed by atoms with Crippen LogP contribution in [0.5, 0.6) is 0 Å². The van der Waals surface area contributed by atoms with E-state index in [-0.39, 0.29) is 30.5 Å². The van der Waals surface area contributed by atoms with Crippen LogP contribution >= 0.6 is 0 Å². The second-order valence-electron chi connectivity index (χ2n) is 10.9. The topological polar surface area (TPSA) is 95.8 Å². The van der Waals surface area contributed by atoms with Crippen molar-refractivity contribution in [1.29, 1.82) is 0 Å². The largest absolute Gasteiger partial charge is 0.396 e. The third-order valence-electron chi connectivity index (χ3n) is 8.05. The fraction of sp³-hybridized carbons (Fsp3) is 0.265. The number of carbonyl (C=O) groups excluding carboxylic acids is 1. The van der Waals surface area contributed by atoms with E-state index in [0.29, 0.717) is 36.8 Å². The summed E-state index contributed by atoms with van der Waals surface area (Å²) < 4.78 is 27.9. The van der Waals surface area contributed by atoms with Crippen LogP contribution in [-0.2, 0) is 25.9 Å². The van der Waals surface area contributed by atoms with Gasteiger partial charge in [0.25, 0.3) is 0 Å². The number of benzene rings is 4. The number of nitrogen functional groups attached to an aromatic ring is 2. The molecule has 2 amide bonds. The molecule has 6 nitrogen and oxygen atoms in total. The Hall–Kier alpha value is -4.43. The highest BCUT2D eigenvalue weighted by Crippen LogP contribution is 2.32. The van der Waals surface area contributed by atoms with E-state index < -0.39 is 29.8 Å². The molecule has 0 bridgehead atoms. The van der Waals surface area contributed by atoms with Crippen LogP contribution in [0.1, 0.15) is 35.1 Å². The Kier molecular flexibility index (Phi) is 9.03. The number of halogens is 2. The standard InChI is InChI=1S/C34H36F2N4O2/c35-27-15-11-25(19-29(27)37)21-39-31(17-13-23-7-3-1-4-8-23)33(41)32(18-14-24-9-5-2-6-10-24)40(34(39)42)22-26-12-16-28(36)30(38)20-26/h1-12,15-16,19-20,31-33,41H,13-14,17-18,21-22,37-38H2/t31-,32-/m1/s1. The maximum absolute atomic E-state index is 14.4. The van der Waals surface area contributed by atoms with Crippen molar-refractivity contribution in [3.05, 3.63) is 131 Å². The molecule has 1 aliphatic rings. The Morgan fingerprint density at radius 2 is 1.02 bits per heavy atom. The number of aryl methyl sites for hydroxylation is 2. The van der Waals surface area contributed by atoms with Gasteiger partial charge in [-0.05, 0) is 72.2 Å². The van der Waals surface area contributed by atoms with Crippen molar-refractivity contribution in [2.75, 3.05) is 11.5 Å². The summed E-state index contributed by atoms with van der Waals surface area (Å²) in [7, 11) is 0. The van der Waals surface area contributed by atoms with E-state index in [2.05, 4.69) is 0 Å². The second kappa shape index (κ2) is 13.0. The van der Waals surface area contributed by atoms with Crippen molar-refractivity contribution in [2.24, 2.45) is 0 Å². The van der Waals surface area contributed by atoms with Gasteiger partial charge in [-0.1, -0.05) is 72.8 Å². The minimum Gasteiger partial charge on any atom is -0.396 e. The predicted octanol–water partition coefficient (Wildman–Crippen LogP) is 5.93. The number of nitrogens with two attached hydrogens (primary N) is 2. The lowest BCUT2D eigenvalue weighted by Gasteiger charge is -2.49. The van der Waals surface area contributed by atoms with Crippen molar-refractivity contribution < 1.29 is 18.7 Å². The van der Waals surface area contributed by atoms with Gasteiger partial charge in [0.1, 0.15) is 11.6 Å². The number of anilines is 2. The van der Waals surface area contributed by atoms with Crippen LogP contribution in [0.4, 0.5) is 25.0 Å². The van der Waals surface area contributed by atoms with Crippen molar-refractivity contribution >= 4 is 17.4 Å². The molecule has 1 fully saturated rings. The van der Waals surface area contributed by atoms with Crippen LogP contribution in [0.15, 0.2) is 97.1 Å². The molecular formula is C34H36F2N4O2. The van der Waals surface area contributed by atoms with E-state index in [9.17, 15) is 18.7 Å². The Bertz CT molecular complexity index is 1390. The third kappa shape index (κ3) is 6.71. The Labute approximate surface area is 245 Å². The molecule has 1 saturated heterocycles. The fourth-order valence-corrected chi connectivity index (χ4v) is 5.79. The lowest BCUT2D eigenvalue weighted by atomic mass is 9.88. The molecule has 8 heteroatoms. The van der Waals surface area contributed by atoms with Gasteiger partial charge in [-0.3, -0.25) is 0 Å². The molecule has 1 aliphatic heterocycles. The molecule has 4 aromatic rings. The average Bonchev–Trinajstić information content (AvgIpc) is 3.00. The Morgan fingerprint density at radius 3 is 1.40 bits per heavy atom. The summed E-state index contributed by atoms with van der Waals surface area (Å²) in [5, 5.41) is 12.0. The first-order valence-electron chi connectivity index (χ1n) is 14.2. The molecule has 0 radical (unpaired) electrons. The molecule has 218 valence electrons. The van der Waals surface area contributed by atoms with Crippen LogP contribution in [0.2, 0.25) is 0 Å². The van der Waals surface area contributed by atoms with Crippen LogP contribution in [0, 0.1) is 11.6 Å². The molecule has 0 aliphatic carbocycles. The first-order chi connectivity index (χ1) is 20.3. The Morgan fingerprint density at radius 1 is 0.619 bits per heavy atom. The number of aliphatic hydroxyl groups excluding tert-OH is 1. The van der Waals surface area contributed by atoms with Crippen LogP contribution in [0.25, 0.3) is 0 Å². The highest BCUT2D eigenvalue weighted by atomic mass is 19.1. The molecule has 1 heterocycles. The second-order valence-corrected chi connectivity index (χ2v) is 10.9. The number of aliphatic hydroxyl groups is 1. The average molecular weight is 571 g/mol. The lowest BCUT2D eigenvalue weighted by molar-refractivity contribution is -0.0478. The molecule has 0 aromatic heterocycles. The first-order valence-corrected chi connectivity index (χ1v) is 14.2. The molecular weight excluding hydrogens is 534 g/mol. The smallest absolute Gasteiger partial charge is 0.321 e. The number of hydrogen-bond donors (Lipinski definition) is 3. The van der Waals surface area contributed by atoms with E-state index in [0.717, 1.165) is 11.1 Å². The molecule has 0 saturated carbocycles. The molecule has 0 spiro atoms. The number of amides is 2. The van der Waals surface area contributed by atoms with Gasteiger partial charge in [0.2, 0.25) is 0 Å². The number of rotatable bonds is 10. The number of hydrogen-bond acceptors (Lipinski definition) is 4. The van der Waals surface area contributed by atoms with Gasteiger partial charge >= 0.3 is 6.03 Å². The molecule has 2 atom stereocenters. The molecule has 5 N–H and O–H groups in total. The van der Waals surface area contributed by atoms with Gasteiger partial charge < -0.3 is 26.4 Å². The summed E-state index contributed by atoms with van der Waals surface area (Å²) in [6, 6.07) is 27.5. The predicted molar refractivity (Wildman–Crippen MR) is 161 cm³/mol. The van der Waals surface area contributed by atoms with Crippen molar-refractivity contribution in [1.82, 2.24) is 9.80 Å². The van der Waals surface area contributed by atoms with Crippen LogP contribution < -0.4 is 11.5 Å². The zero-order valence-electron chi connectivity index (χ0n) is 23.4. The van der Waals surface area contributed by atoms with Gasteiger partial charge in [-0.2, -0.15) is 0 Å². The molecule has 42 heavy (non-hydrogen) atoms. The summed E-state index contributed by atoms with van der Waals surface area (Å²) in [6.07, 6.45) is 1.51. The maximum Gasteiger partial charge on any atom is 0.321 e. The monoisotopic (exact) mass is 570 g/mol. The van der Waals surface area contributed by atoms with E-state index in [1.54, 1.807) is 21.9 Å². The number of carbonyl (C=O) groups is 1. The molecule has 4 aromatic carbocycles. The zero-order chi connectivity index (χ0) is 29.6. The highest BCUT2D eigenvalue weighted by Gasteiger charge is 2.45. The van der Waals surface area contributed by atoms with Gasteiger partial charge in [0, 0.05) is 13.1 Å². The van der Waals surface area contributed by atoms with Crippen molar-refractivity contribution in [3.8, 4) is 0 Å². The highest BCUT2D eigenvalue weighted by molar-refractivity contribution is 5.77. The SMILES string of the molecule is Nc1cc(CN2C(=O)N(Cc3ccc(F)c(N)c3)[C@H](CCc3ccccc3)C(O)[C@H]2CCc2ccccc2)ccc1F. The zero-order valence-corrected chi connectivity index (χ0v) is 23.4. The van der Waals surface area contributed by atoms with E-state index in [1.165, 1.54) is 24.3 Å². The van der Waals surface area contributed by atoms with E-state index >= 15 is 0 Å². The summed E-state index contributed by atoms with van der Waals surface area (Å²) in [6.45, 7) is 0.292. The van der Waals surface area contributed by atoms with Crippen molar-refractivity contribution in [3.63, 3.8) is 0 Å². The lowest BCUT2D eigenvalue weighted by Crippen LogP contribution is -2.65. The summed E-state index contributed by atoms with van der Waals surface area (Å²) in [5.41, 5.74) is 15.2. The molecule has 5 rings (SSSR count). The minimum atomic E-state index is -0.884.